The highest BCUT2D eigenvalue weighted by Crippen LogP contribution is 2.25. The lowest BCUT2D eigenvalue weighted by molar-refractivity contribution is -0.140. The number of carbonyl (C=O) groups excluding carboxylic acids is 1. The summed E-state index contributed by atoms with van der Waals surface area (Å²) < 4.78 is 0. The van der Waals surface area contributed by atoms with E-state index in [1.165, 1.54) is 17.7 Å². The van der Waals surface area contributed by atoms with Gasteiger partial charge in [0.2, 0.25) is 5.95 Å². The number of nitrogens with two attached hydrogens (primary N) is 2. The molecular formula is C28H36N8O6. The first kappa shape index (κ1) is 31.4. The molecule has 3 aromatic rings. The van der Waals surface area contributed by atoms with Crippen LogP contribution in [0.2, 0.25) is 0 Å². The summed E-state index contributed by atoms with van der Waals surface area (Å²) in [6.07, 6.45) is -0.586. The summed E-state index contributed by atoms with van der Waals surface area (Å²) in [6.45, 7) is 2.99. The van der Waals surface area contributed by atoms with Crippen molar-refractivity contribution in [1.82, 2.24) is 15.3 Å². The van der Waals surface area contributed by atoms with E-state index in [9.17, 15) is 24.3 Å². The molecule has 2 unspecified atom stereocenters. The van der Waals surface area contributed by atoms with Gasteiger partial charge < -0.3 is 42.5 Å². The zero-order valence-electron chi connectivity index (χ0n) is 23.3. The zero-order valence-corrected chi connectivity index (χ0v) is 23.3. The van der Waals surface area contributed by atoms with Crippen LogP contribution in [0.3, 0.4) is 0 Å². The summed E-state index contributed by atoms with van der Waals surface area (Å²) >= 11 is 0. The molecule has 1 aromatic heterocycles. The van der Waals surface area contributed by atoms with Crippen LogP contribution in [0.4, 0.5) is 23.1 Å². The molecule has 2 heterocycles. The SMILES string of the molecule is CC(N)c1ccccc1.CN1c2c(nc(N)[nH]c2=O)NC[C@@H]1CNc1ccc(C(=O)NC(CCC(=O)O)C(=O)O)cc1. The van der Waals surface area contributed by atoms with Gasteiger partial charge in [-0.3, -0.25) is 19.4 Å². The number of nitrogen functional groups attached to an aromatic ring is 1. The third-order valence-electron chi connectivity index (χ3n) is 6.58. The number of hydrogen-bond donors (Lipinski definition) is 8. The molecular weight excluding hydrogens is 544 g/mol. The van der Waals surface area contributed by atoms with Crippen LogP contribution < -0.4 is 37.9 Å². The Morgan fingerprint density at radius 2 is 1.79 bits per heavy atom. The molecule has 0 saturated carbocycles. The number of rotatable bonds is 10. The number of aromatic amines is 1. The highest BCUT2D eigenvalue weighted by molar-refractivity contribution is 5.97. The lowest BCUT2D eigenvalue weighted by Crippen LogP contribution is -2.48. The Morgan fingerprint density at radius 1 is 1.12 bits per heavy atom. The Labute approximate surface area is 242 Å². The first-order valence-electron chi connectivity index (χ1n) is 13.2. The second kappa shape index (κ2) is 14.5. The van der Waals surface area contributed by atoms with Crippen molar-refractivity contribution < 1.29 is 24.6 Å². The summed E-state index contributed by atoms with van der Waals surface area (Å²) in [5, 5.41) is 26.6. The fraction of sp³-hybridized carbons (Fsp3) is 0.321. The van der Waals surface area contributed by atoms with E-state index in [4.69, 9.17) is 16.6 Å². The number of carbonyl (C=O) groups is 3. The Balaban J connectivity index is 0.000000458. The van der Waals surface area contributed by atoms with Crippen LogP contribution in [0.5, 0.6) is 0 Å². The van der Waals surface area contributed by atoms with E-state index < -0.39 is 23.9 Å². The molecule has 0 spiro atoms. The van der Waals surface area contributed by atoms with Crippen molar-refractivity contribution in [2.45, 2.75) is 37.9 Å². The Hall–Kier alpha value is -5.11. The molecule has 0 saturated heterocycles. The van der Waals surface area contributed by atoms with E-state index >= 15 is 0 Å². The van der Waals surface area contributed by atoms with Crippen molar-refractivity contribution in [3.8, 4) is 0 Å². The number of anilines is 4. The summed E-state index contributed by atoms with van der Waals surface area (Å²) in [5.41, 5.74) is 13.4. The maximum atomic E-state index is 12.3. The van der Waals surface area contributed by atoms with Crippen LogP contribution in [0.15, 0.2) is 59.4 Å². The fourth-order valence-corrected chi connectivity index (χ4v) is 4.18. The second-order valence-electron chi connectivity index (χ2n) is 9.75. The zero-order chi connectivity index (χ0) is 30.8. The molecule has 10 N–H and O–H groups in total. The minimum absolute atomic E-state index is 0.0388. The van der Waals surface area contributed by atoms with Crippen LogP contribution in [0.1, 0.15) is 41.7 Å². The summed E-state index contributed by atoms with van der Waals surface area (Å²) in [4.78, 5) is 54.9. The number of aliphatic carboxylic acids is 2. The molecule has 1 aliphatic rings. The van der Waals surface area contributed by atoms with Gasteiger partial charge >= 0.3 is 11.9 Å². The first-order chi connectivity index (χ1) is 20.0. The molecule has 3 atom stereocenters. The van der Waals surface area contributed by atoms with Gasteiger partial charge in [0.15, 0.2) is 5.82 Å². The summed E-state index contributed by atoms with van der Waals surface area (Å²) in [5.74, 6) is -2.59. The first-order valence-corrected chi connectivity index (χ1v) is 13.2. The average molecular weight is 581 g/mol. The minimum Gasteiger partial charge on any atom is -0.481 e. The number of carboxylic acids is 2. The molecule has 0 radical (unpaired) electrons. The van der Waals surface area contributed by atoms with Crippen LogP contribution in [-0.4, -0.2) is 70.2 Å². The molecule has 14 nitrogen and oxygen atoms in total. The number of benzene rings is 2. The van der Waals surface area contributed by atoms with E-state index in [-0.39, 0.29) is 42.0 Å². The molecule has 0 fully saturated rings. The Kier molecular flexibility index (Phi) is 10.8. The van der Waals surface area contributed by atoms with Gasteiger partial charge in [0, 0.05) is 43.9 Å². The Bertz CT molecular complexity index is 1430. The van der Waals surface area contributed by atoms with E-state index in [2.05, 4.69) is 25.9 Å². The van der Waals surface area contributed by atoms with Crippen LogP contribution in [-0.2, 0) is 9.59 Å². The number of likely N-dealkylation sites (N-methyl/N-ethyl adjacent to an activating group) is 1. The third-order valence-corrected chi connectivity index (χ3v) is 6.58. The van der Waals surface area contributed by atoms with Crippen molar-refractivity contribution >= 4 is 41.0 Å². The molecule has 0 bridgehead atoms. The van der Waals surface area contributed by atoms with Gasteiger partial charge in [-0.25, -0.2) is 4.79 Å². The fourth-order valence-electron chi connectivity index (χ4n) is 4.18. The molecule has 0 aliphatic carbocycles. The van der Waals surface area contributed by atoms with E-state index in [1.54, 1.807) is 19.2 Å². The maximum Gasteiger partial charge on any atom is 0.326 e. The quantitative estimate of drug-likeness (QED) is 0.170. The predicted molar refractivity (Wildman–Crippen MR) is 160 cm³/mol. The smallest absolute Gasteiger partial charge is 0.326 e. The van der Waals surface area contributed by atoms with Gasteiger partial charge in [0.25, 0.3) is 11.5 Å². The molecule has 224 valence electrons. The number of aromatic nitrogens is 2. The molecule has 2 aromatic carbocycles. The maximum absolute atomic E-state index is 12.3. The minimum atomic E-state index is -1.30. The number of amides is 1. The van der Waals surface area contributed by atoms with Gasteiger partial charge in [0.05, 0.1) is 6.04 Å². The summed E-state index contributed by atoms with van der Waals surface area (Å²) in [6, 6.07) is 15.2. The van der Waals surface area contributed by atoms with Crippen LogP contribution >= 0.6 is 0 Å². The molecule has 1 aliphatic heterocycles. The molecule has 14 heteroatoms. The Morgan fingerprint density at radius 3 is 2.36 bits per heavy atom. The van der Waals surface area contributed by atoms with Gasteiger partial charge in [-0.05, 0) is 43.2 Å². The van der Waals surface area contributed by atoms with E-state index in [0.717, 1.165) is 5.69 Å². The van der Waals surface area contributed by atoms with Gasteiger partial charge in [-0.1, -0.05) is 30.3 Å². The number of hydrogen-bond acceptors (Lipinski definition) is 10. The van der Waals surface area contributed by atoms with Crippen molar-refractivity contribution in [3.63, 3.8) is 0 Å². The number of carboxylic acid groups (broad SMARTS) is 2. The highest BCUT2D eigenvalue weighted by atomic mass is 16.4. The van der Waals surface area contributed by atoms with E-state index in [0.29, 0.717) is 24.6 Å². The average Bonchev–Trinajstić information content (AvgIpc) is 2.95. The van der Waals surface area contributed by atoms with Crippen molar-refractivity contribution in [1.29, 1.82) is 0 Å². The lowest BCUT2D eigenvalue weighted by Gasteiger charge is -2.35. The van der Waals surface area contributed by atoms with Gasteiger partial charge in [0.1, 0.15) is 11.7 Å². The monoisotopic (exact) mass is 580 g/mol. The van der Waals surface area contributed by atoms with E-state index in [1.807, 2.05) is 42.2 Å². The lowest BCUT2D eigenvalue weighted by atomic mass is 10.1. The van der Waals surface area contributed by atoms with Crippen LogP contribution in [0.25, 0.3) is 0 Å². The number of nitrogens with one attached hydrogen (secondary N) is 4. The van der Waals surface area contributed by atoms with Gasteiger partial charge in [-0.15, -0.1) is 0 Å². The van der Waals surface area contributed by atoms with Gasteiger partial charge in [-0.2, -0.15) is 4.98 Å². The third kappa shape index (κ3) is 8.69. The molecule has 1 amide bonds. The highest BCUT2D eigenvalue weighted by Gasteiger charge is 2.27. The predicted octanol–water partition coefficient (Wildman–Crippen LogP) is 1.45. The topological polar surface area (TPSA) is 229 Å². The molecule has 42 heavy (non-hydrogen) atoms. The normalized spacial score (nSPS) is 15.1. The van der Waals surface area contributed by atoms with Crippen molar-refractivity contribution in [2.24, 2.45) is 5.73 Å². The van der Waals surface area contributed by atoms with Crippen molar-refractivity contribution in [3.05, 3.63) is 76.1 Å². The number of nitrogens with zero attached hydrogens (tertiary/aromatic N) is 2. The summed E-state index contributed by atoms with van der Waals surface area (Å²) in [7, 11) is 1.79. The number of fused-ring (bicyclic) bond motifs is 1. The standard InChI is InChI=1S/C20H25N7O6.C8H11N/c1-27-12(9-23-16-15(27)18(31)26-20(21)25-16)8-22-11-4-2-10(3-5-11)17(30)24-13(19(32)33)6-7-14(28)29;1-7(9)8-5-3-2-4-6-8/h2-5,12-13,22H,6-9H2,1H3,(H,24,30)(H,28,29)(H,32,33)(H4,21,23,25,26,31);2-7H,9H2,1H3/t12-,13?;/m0./s1. The molecule has 4 rings (SSSR count). The largest absolute Gasteiger partial charge is 0.481 e. The number of H-pyrrole nitrogens is 1. The van der Waals surface area contributed by atoms with Crippen LogP contribution in [0, 0.1) is 0 Å². The second-order valence-corrected chi connectivity index (χ2v) is 9.75. The van der Waals surface area contributed by atoms with Crippen molar-refractivity contribution in [2.75, 3.05) is 41.4 Å².